The molecule has 2 amide bonds. The van der Waals surface area contributed by atoms with Gasteiger partial charge in [0, 0.05) is 22.7 Å². The van der Waals surface area contributed by atoms with Crippen molar-refractivity contribution in [3.8, 4) is 0 Å². The van der Waals surface area contributed by atoms with Crippen molar-refractivity contribution in [1.29, 1.82) is 0 Å². The van der Waals surface area contributed by atoms with Crippen molar-refractivity contribution < 1.29 is 9.59 Å². The molecule has 1 atom stereocenters. The molecule has 0 aliphatic heterocycles. The van der Waals surface area contributed by atoms with Gasteiger partial charge in [-0.3, -0.25) is 9.59 Å². The van der Waals surface area contributed by atoms with E-state index < -0.39 is 0 Å². The molecule has 4 nitrogen and oxygen atoms in total. The van der Waals surface area contributed by atoms with Crippen molar-refractivity contribution in [1.82, 2.24) is 0 Å². The number of carbonyl (C=O) groups is 2. The van der Waals surface area contributed by atoms with Gasteiger partial charge in [-0.15, -0.1) is 11.8 Å². The predicted molar refractivity (Wildman–Crippen MR) is 114 cm³/mol. The Morgan fingerprint density at radius 3 is 2.52 bits per heavy atom. The SMILES string of the molecule is CCCC(=O)Nc1cccc(SC(CC)C(=O)Nc2cc(C)ccc2C)c1. The Kier molecular flexibility index (Phi) is 7.92. The van der Waals surface area contributed by atoms with Gasteiger partial charge in [-0.25, -0.2) is 0 Å². The zero-order valence-electron chi connectivity index (χ0n) is 16.5. The molecule has 0 bridgehead atoms. The third-order valence-corrected chi connectivity index (χ3v) is 5.55. The lowest BCUT2D eigenvalue weighted by atomic mass is 10.1. The molecule has 2 aromatic carbocycles. The minimum Gasteiger partial charge on any atom is -0.326 e. The van der Waals surface area contributed by atoms with E-state index in [9.17, 15) is 9.59 Å². The summed E-state index contributed by atoms with van der Waals surface area (Å²) in [4.78, 5) is 25.5. The number of amides is 2. The van der Waals surface area contributed by atoms with E-state index in [4.69, 9.17) is 0 Å². The number of rotatable bonds is 8. The molecule has 0 fully saturated rings. The van der Waals surface area contributed by atoms with E-state index in [0.717, 1.165) is 33.8 Å². The van der Waals surface area contributed by atoms with Crippen molar-refractivity contribution >= 4 is 35.0 Å². The van der Waals surface area contributed by atoms with Crippen LogP contribution in [0.1, 0.15) is 44.2 Å². The number of nitrogens with one attached hydrogen (secondary N) is 2. The average molecular weight is 385 g/mol. The lowest BCUT2D eigenvalue weighted by Crippen LogP contribution is -2.25. The van der Waals surface area contributed by atoms with Crippen LogP contribution in [-0.4, -0.2) is 17.1 Å². The number of hydrogen-bond acceptors (Lipinski definition) is 3. The number of thioether (sulfide) groups is 1. The van der Waals surface area contributed by atoms with Crippen LogP contribution in [0, 0.1) is 13.8 Å². The summed E-state index contributed by atoms with van der Waals surface area (Å²) in [5.74, 6) is 0.0102. The third-order valence-electron chi connectivity index (χ3n) is 4.19. The molecule has 0 spiro atoms. The molecular weight excluding hydrogens is 356 g/mol. The van der Waals surface area contributed by atoms with E-state index in [2.05, 4.69) is 10.6 Å². The van der Waals surface area contributed by atoms with Crippen LogP contribution < -0.4 is 10.6 Å². The van der Waals surface area contributed by atoms with E-state index in [-0.39, 0.29) is 17.1 Å². The van der Waals surface area contributed by atoms with Crippen molar-refractivity contribution in [3.63, 3.8) is 0 Å². The molecule has 0 aromatic heterocycles. The van der Waals surface area contributed by atoms with E-state index in [0.29, 0.717) is 12.8 Å². The first-order valence-corrected chi connectivity index (χ1v) is 10.3. The Bertz CT molecular complexity index is 805. The fourth-order valence-electron chi connectivity index (χ4n) is 2.67. The van der Waals surface area contributed by atoms with Gasteiger partial charge >= 0.3 is 0 Å². The van der Waals surface area contributed by atoms with Gasteiger partial charge in [-0.1, -0.05) is 32.0 Å². The summed E-state index contributed by atoms with van der Waals surface area (Å²) in [6.07, 6.45) is 2.04. The second-order valence-corrected chi connectivity index (χ2v) is 7.92. The second kappa shape index (κ2) is 10.2. The lowest BCUT2D eigenvalue weighted by Gasteiger charge is -2.17. The molecule has 144 valence electrons. The topological polar surface area (TPSA) is 58.2 Å². The maximum Gasteiger partial charge on any atom is 0.237 e. The first-order valence-electron chi connectivity index (χ1n) is 9.37. The quantitative estimate of drug-likeness (QED) is 0.587. The van der Waals surface area contributed by atoms with Gasteiger partial charge in [0.2, 0.25) is 11.8 Å². The third kappa shape index (κ3) is 6.43. The monoisotopic (exact) mass is 384 g/mol. The minimum atomic E-state index is -0.202. The Balaban J connectivity index is 2.06. The molecule has 2 N–H and O–H groups in total. The maximum atomic E-state index is 12.8. The summed E-state index contributed by atoms with van der Waals surface area (Å²) in [5.41, 5.74) is 3.80. The van der Waals surface area contributed by atoms with Crippen molar-refractivity contribution in [2.45, 2.75) is 57.1 Å². The number of hydrogen-bond donors (Lipinski definition) is 2. The van der Waals surface area contributed by atoms with Gasteiger partial charge in [-0.2, -0.15) is 0 Å². The normalized spacial score (nSPS) is 11.7. The van der Waals surface area contributed by atoms with E-state index in [1.54, 1.807) is 0 Å². The van der Waals surface area contributed by atoms with E-state index >= 15 is 0 Å². The van der Waals surface area contributed by atoms with Gasteiger partial charge in [0.05, 0.1) is 5.25 Å². The zero-order valence-corrected chi connectivity index (χ0v) is 17.3. The first kappa shape index (κ1) is 21.0. The van der Waals surface area contributed by atoms with Gasteiger partial charge in [0.25, 0.3) is 0 Å². The Labute approximate surface area is 166 Å². The van der Waals surface area contributed by atoms with Gasteiger partial charge in [0.1, 0.15) is 0 Å². The highest BCUT2D eigenvalue weighted by atomic mass is 32.2. The molecule has 1 unspecified atom stereocenters. The summed E-state index contributed by atoms with van der Waals surface area (Å²) >= 11 is 1.52. The van der Waals surface area contributed by atoms with Crippen molar-refractivity contribution in [2.24, 2.45) is 0 Å². The van der Waals surface area contributed by atoms with E-state index in [1.807, 2.05) is 70.2 Å². The van der Waals surface area contributed by atoms with Crippen LogP contribution in [0.15, 0.2) is 47.4 Å². The molecule has 2 aromatic rings. The molecule has 0 radical (unpaired) electrons. The largest absolute Gasteiger partial charge is 0.326 e. The number of anilines is 2. The molecule has 0 heterocycles. The van der Waals surface area contributed by atoms with Crippen molar-refractivity contribution in [2.75, 3.05) is 10.6 Å². The summed E-state index contributed by atoms with van der Waals surface area (Å²) in [6, 6.07) is 13.7. The van der Waals surface area contributed by atoms with Crippen LogP contribution in [0.3, 0.4) is 0 Å². The summed E-state index contributed by atoms with van der Waals surface area (Å²) in [7, 11) is 0. The maximum absolute atomic E-state index is 12.8. The van der Waals surface area contributed by atoms with Crippen LogP contribution >= 0.6 is 11.8 Å². The van der Waals surface area contributed by atoms with Crippen LogP contribution in [0.25, 0.3) is 0 Å². The standard InChI is InChI=1S/C22H28N2O2S/c1-5-8-21(25)23-17-9-7-10-18(14-17)27-20(6-2)22(26)24-19-13-15(3)11-12-16(19)4/h7,9-14,20H,5-6,8H2,1-4H3,(H,23,25)(H,24,26). The molecule has 2 rings (SSSR count). The van der Waals surface area contributed by atoms with Crippen LogP contribution in [0.2, 0.25) is 0 Å². The fraction of sp³-hybridized carbons (Fsp3) is 0.364. The van der Waals surface area contributed by atoms with Gasteiger partial charge in [0.15, 0.2) is 0 Å². The summed E-state index contributed by atoms with van der Waals surface area (Å²) in [5, 5.41) is 5.76. The fourth-order valence-corrected chi connectivity index (χ4v) is 3.68. The molecule has 0 saturated carbocycles. The Morgan fingerprint density at radius 1 is 1.04 bits per heavy atom. The average Bonchev–Trinajstić information content (AvgIpc) is 2.63. The molecular formula is C22H28N2O2S. The molecule has 0 aliphatic carbocycles. The van der Waals surface area contributed by atoms with Crippen molar-refractivity contribution in [3.05, 3.63) is 53.6 Å². The van der Waals surface area contributed by atoms with Crippen LogP contribution in [0.4, 0.5) is 11.4 Å². The van der Waals surface area contributed by atoms with Gasteiger partial charge < -0.3 is 10.6 Å². The predicted octanol–water partition coefficient (Wildman–Crippen LogP) is 5.55. The number of carbonyl (C=O) groups excluding carboxylic acids is 2. The van der Waals surface area contributed by atoms with E-state index in [1.165, 1.54) is 11.8 Å². The van der Waals surface area contributed by atoms with Crippen LogP contribution in [0.5, 0.6) is 0 Å². The highest BCUT2D eigenvalue weighted by molar-refractivity contribution is 8.00. The zero-order chi connectivity index (χ0) is 19.8. The van der Waals surface area contributed by atoms with Crippen LogP contribution in [-0.2, 0) is 9.59 Å². The highest BCUT2D eigenvalue weighted by Gasteiger charge is 2.19. The Hall–Kier alpha value is -2.27. The highest BCUT2D eigenvalue weighted by Crippen LogP contribution is 2.29. The molecule has 27 heavy (non-hydrogen) atoms. The summed E-state index contributed by atoms with van der Waals surface area (Å²) in [6.45, 7) is 7.99. The smallest absolute Gasteiger partial charge is 0.237 e. The second-order valence-electron chi connectivity index (χ2n) is 6.65. The first-order chi connectivity index (χ1) is 12.9. The lowest BCUT2D eigenvalue weighted by molar-refractivity contribution is -0.116. The molecule has 0 saturated heterocycles. The number of aryl methyl sites for hydroxylation is 2. The Morgan fingerprint density at radius 2 is 1.81 bits per heavy atom. The number of benzene rings is 2. The molecule has 5 heteroatoms. The minimum absolute atomic E-state index is 0.00313. The van der Waals surface area contributed by atoms with Gasteiger partial charge in [-0.05, 0) is 62.1 Å². The summed E-state index contributed by atoms with van der Waals surface area (Å²) < 4.78 is 0. The molecule has 0 aliphatic rings.